The topological polar surface area (TPSA) is 66.8 Å². The van der Waals surface area contributed by atoms with Crippen molar-refractivity contribution in [2.45, 2.75) is 13.0 Å². The molecule has 0 aromatic heterocycles. The van der Waals surface area contributed by atoms with Crippen molar-refractivity contribution in [1.82, 2.24) is 0 Å². The van der Waals surface area contributed by atoms with Crippen molar-refractivity contribution in [1.29, 1.82) is 0 Å². The van der Waals surface area contributed by atoms with Gasteiger partial charge in [0.1, 0.15) is 11.5 Å². The third-order valence-electron chi connectivity index (χ3n) is 5.25. The molecule has 6 heteroatoms. The lowest BCUT2D eigenvalue weighted by molar-refractivity contribution is -0.132. The molecule has 3 aromatic rings. The number of aryl methyl sites for hydroxylation is 1. The van der Waals surface area contributed by atoms with Gasteiger partial charge in [0.2, 0.25) is 0 Å². The summed E-state index contributed by atoms with van der Waals surface area (Å²) >= 11 is 6.14. The molecule has 0 aliphatic carbocycles. The molecule has 1 saturated heterocycles. The van der Waals surface area contributed by atoms with Gasteiger partial charge in [0.15, 0.2) is 0 Å². The quantitative estimate of drug-likeness (QED) is 0.345. The van der Waals surface area contributed by atoms with E-state index in [4.69, 9.17) is 16.3 Å². The van der Waals surface area contributed by atoms with E-state index in [-0.39, 0.29) is 16.9 Å². The molecule has 1 aliphatic heterocycles. The van der Waals surface area contributed by atoms with Crippen molar-refractivity contribution >= 4 is 34.7 Å². The number of carbonyl (C=O) groups excluding carboxylic acids is 2. The Morgan fingerprint density at radius 3 is 2.42 bits per heavy atom. The number of benzene rings is 3. The highest BCUT2D eigenvalue weighted by Crippen LogP contribution is 2.43. The van der Waals surface area contributed by atoms with Crippen molar-refractivity contribution in [3.8, 4) is 5.75 Å². The number of anilines is 1. The van der Waals surface area contributed by atoms with Crippen LogP contribution in [0.15, 0.2) is 78.4 Å². The van der Waals surface area contributed by atoms with Gasteiger partial charge in [-0.3, -0.25) is 14.5 Å². The van der Waals surface area contributed by atoms with E-state index in [1.807, 2.05) is 37.3 Å². The monoisotopic (exact) mass is 433 g/mol. The van der Waals surface area contributed by atoms with E-state index < -0.39 is 17.7 Å². The van der Waals surface area contributed by atoms with Gasteiger partial charge in [0, 0.05) is 10.7 Å². The number of rotatable bonds is 4. The molecule has 1 fully saturated rings. The molecule has 31 heavy (non-hydrogen) atoms. The summed E-state index contributed by atoms with van der Waals surface area (Å²) in [6, 6.07) is 20.4. The van der Waals surface area contributed by atoms with Crippen LogP contribution >= 0.6 is 11.6 Å². The summed E-state index contributed by atoms with van der Waals surface area (Å²) < 4.78 is 5.35. The lowest BCUT2D eigenvalue weighted by Gasteiger charge is -2.25. The molecule has 4 rings (SSSR count). The average molecular weight is 434 g/mol. The fourth-order valence-electron chi connectivity index (χ4n) is 3.85. The molecule has 0 radical (unpaired) electrons. The Morgan fingerprint density at radius 1 is 1.00 bits per heavy atom. The van der Waals surface area contributed by atoms with E-state index in [1.54, 1.807) is 36.4 Å². The highest BCUT2D eigenvalue weighted by atomic mass is 35.5. The van der Waals surface area contributed by atoms with Crippen molar-refractivity contribution < 1.29 is 19.4 Å². The molecule has 1 atom stereocenters. The number of amides is 1. The standard InChI is InChI=1S/C25H20ClNO4/c1-15-7-6-8-16(13-15)22-21(23(28)19-14-17(26)11-12-20(19)31-2)24(29)25(30)27(22)18-9-4-3-5-10-18/h3-14,22,28H,1-2H3/b23-21+. The first-order chi connectivity index (χ1) is 14.9. The van der Waals surface area contributed by atoms with Gasteiger partial charge in [-0.2, -0.15) is 0 Å². The van der Waals surface area contributed by atoms with Crippen molar-refractivity contribution in [3.63, 3.8) is 0 Å². The lowest BCUT2D eigenvalue weighted by atomic mass is 9.94. The lowest BCUT2D eigenvalue weighted by Crippen LogP contribution is -2.29. The second kappa shape index (κ2) is 8.28. The molecular formula is C25H20ClNO4. The van der Waals surface area contributed by atoms with Crippen LogP contribution in [0.3, 0.4) is 0 Å². The van der Waals surface area contributed by atoms with Crippen LogP contribution in [0.4, 0.5) is 5.69 Å². The second-order valence-corrected chi connectivity index (χ2v) is 7.70. The minimum atomic E-state index is -0.800. The number of carbonyl (C=O) groups is 2. The first-order valence-corrected chi connectivity index (χ1v) is 10.1. The number of para-hydroxylation sites is 1. The fourth-order valence-corrected chi connectivity index (χ4v) is 4.03. The van der Waals surface area contributed by atoms with Gasteiger partial charge in [0.05, 0.1) is 24.3 Å². The number of halogens is 1. The highest BCUT2D eigenvalue weighted by molar-refractivity contribution is 6.51. The van der Waals surface area contributed by atoms with Crippen LogP contribution in [0, 0.1) is 6.92 Å². The molecular weight excluding hydrogens is 414 g/mol. The van der Waals surface area contributed by atoms with Crippen molar-refractivity contribution in [2.24, 2.45) is 0 Å². The van der Waals surface area contributed by atoms with Gasteiger partial charge >= 0.3 is 0 Å². The van der Waals surface area contributed by atoms with Crippen LogP contribution in [0.25, 0.3) is 5.76 Å². The summed E-state index contributed by atoms with van der Waals surface area (Å²) in [4.78, 5) is 27.7. The number of aliphatic hydroxyl groups is 1. The van der Waals surface area contributed by atoms with E-state index in [2.05, 4.69) is 0 Å². The highest BCUT2D eigenvalue weighted by Gasteiger charge is 2.47. The van der Waals surface area contributed by atoms with Gasteiger partial charge in [-0.25, -0.2) is 0 Å². The summed E-state index contributed by atoms with van der Waals surface area (Å²) in [5.41, 5.74) is 2.48. The van der Waals surface area contributed by atoms with Crippen LogP contribution in [0.2, 0.25) is 5.02 Å². The van der Waals surface area contributed by atoms with E-state index in [1.165, 1.54) is 18.1 Å². The van der Waals surface area contributed by atoms with Gasteiger partial charge < -0.3 is 9.84 Å². The van der Waals surface area contributed by atoms with Crippen LogP contribution in [0.5, 0.6) is 5.75 Å². The summed E-state index contributed by atoms with van der Waals surface area (Å²) in [6.07, 6.45) is 0. The molecule has 5 nitrogen and oxygen atoms in total. The number of ketones is 1. The van der Waals surface area contributed by atoms with Crippen LogP contribution in [-0.2, 0) is 9.59 Å². The van der Waals surface area contributed by atoms with Gasteiger partial charge in [-0.1, -0.05) is 59.6 Å². The molecule has 1 aliphatic rings. The maximum atomic E-state index is 13.2. The number of ether oxygens (including phenoxy) is 1. The number of Topliss-reactive ketones (excluding diaryl/α,β-unsaturated/α-hetero) is 1. The number of methoxy groups -OCH3 is 1. The van der Waals surface area contributed by atoms with E-state index in [0.29, 0.717) is 22.0 Å². The zero-order chi connectivity index (χ0) is 22.1. The van der Waals surface area contributed by atoms with Crippen LogP contribution < -0.4 is 9.64 Å². The van der Waals surface area contributed by atoms with Crippen molar-refractivity contribution in [3.05, 3.63) is 100 Å². The summed E-state index contributed by atoms with van der Waals surface area (Å²) in [5.74, 6) is -1.46. The number of aliphatic hydroxyl groups excluding tert-OH is 1. The molecule has 156 valence electrons. The van der Waals surface area contributed by atoms with Crippen LogP contribution in [-0.4, -0.2) is 23.9 Å². The first kappa shape index (κ1) is 20.7. The Balaban J connectivity index is 2.00. The van der Waals surface area contributed by atoms with E-state index in [9.17, 15) is 14.7 Å². The molecule has 0 bridgehead atoms. The maximum Gasteiger partial charge on any atom is 0.300 e. The van der Waals surface area contributed by atoms with Crippen LogP contribution in [0.1, 0.15) is 22.7 Å². The van der Waals surface area contributed by atoms with Gasteiger partial charge in [-0.05, 0) is 42.8 Å². The molecule has 1 unspecified atom stereocenters. The third-order valence-corrected chi connectivity index (χ3v) is 5.49. The Labute approximate surface area is 185 Å². The van der Waals surface area contributed by atoms with Gasteiger partial charge in [0.25, 0.3) is 11.7 Å². The first-order valence-electron chi connectivity index (χ1n) is 9.69. The smallest absolute Gasteiger partial charge is 0.300 e. The third kappa shape index (κ3) is 3.68. The molecule has 0 spiro atoms. The molecule has 1 N–H and O–H groups in total. The zero-order valence-electron chi connectivity index (χ0n) is 17.0. The van der Waals surface area contributed by atoms with E-state index >= 15 is 0 Å². The second-order valence-electron chi connectivity index (χ2n) is 7.26. The largest absolute Gasteiger partial charge is 0.507 e. The summed E-state index contributed by atoms with van der Waals surface area (Å²) in [7, 11) is 1.46. The number of hydrogen-bond donors (Lipinski definition) is 1. The average Bonchev–Trinajstić information content (AvgIpc) is 3.04. The molecule has 1 amide bonds. The van der Waals surface area contributed by atoms with Gasteiger partial charge in [-0.15, -0.1) is 0 Å². The minimum Gasteiger partial charge on any atom is -0.507 e. The van der Waals surface area contributed by atoms with Crippen molar-refractivity contribution in [2.75, 3.05) is 12.0 Å². The van der Waals surface area contributed by atoms with E-state index in [0.717, 1.165) is 5.56 Å². The Kier molecular flexibility index (Phi) is 5.53. The molecule has 1 heterocycles. The Morgan fingerprint density at radius 2 is 1.74 bits per heavy atom. The molecule has 0 saturated carbocycles. The zero-order valence-corrected chi connectivity index (χ0v) is 17.8. The summed E-state index contributed by atoms with van der Waals surface area (Å²) in [5, 5.41) is 11.6. The molecule has 3 aromatic carbocycles. The summed E-state index contributed by atoms with van der Waals surface area (Å²) in [6.45, 7) is 1.93. The normalized spacial score (nSPS) is 17.8. The predicted octanol–water partition coefficient (Wildman–Crippen LogP) is 5.28. The fraction of sp³-hybridized carbons (Fsp3) is 0.120. The SMILES string of the molecule is COc1ccc(Cl)cc1/C(O)=C1\C(=O)C(=O)N(c2ccccc2)C1c1cccc(C)c1. The Hall–Kier alpha value is -3.57. The number of nitrogens with zero attached hydrogens (tertiary/aromatic N) is 1. The maximum absolute atomic E-state index is 13.2. The minimum absolute atomic E-state index is 0.0139. The predicted molar refractivity (Wildman–Crippen MR) is 120 cm³/mol. The Bertz CT molecular complexity index is 1200. The number of hydrogen-bond acceptors (Lipinski definition) is 4.